The monoisotopic (exact) mass is 411 g/mol. The van der Waals surface area contributed by atoms with E-state index in [4.69, 9.17) is 5.73 Å². The maximum Gasteiger partial charge on any atom is 0.250 e. The molecule has 0 saturated heterocycles. The molecular weight excluding hydrogens is 396 g/mol. The first-order valence-electron chi connectivity index (χ1n) is 8.60. The summed E-state index contributed by atoms with van der Waals surface area (Å²) in [7, 11) is 0. The molecule has 4 rings (SSSR count). The van der Waals surface area contributed by atoms with Crippen LogP contribution in [0.5, 0.6) is 0 Å². The Morgan fingerprint density at radius 2 is 2.03 bits per heavy atom. The first-order valence-corrected chi connectivity index (χ1v) is 9.48. The van der Waals surface area contributed by atoms with Gasteiger partial charge in [0, 0.05) is 35.1 Å². The predicted octanol–water partition coefficient (Wildman–Crippen LogP) is 3.80. The summed E-state index contributed by atoms with van der Waals surface area (Å²) in [5, 5.41) is 2.48. The average molecular weight is 411 g/mol. The summed E-state index contributed by atoms with van der Waals surface area (Å²) in [4.78, 5) is 24.7. The number of thiazole rings is 1. The van der Waals surface area contributed by atoms with E-state index in [-0.39, 0.29) is 12.1 Å². The number of nitrogens with two attached hydrogens (primary N) is 1. The fourth-order valence-electron chi connectivity index (χ4n) is 3.05. The summed E-state index contributed by atoms with van der Waals surface area (Å²) in [6.45, 7) is 1.82. The summed E-state index contributed by atoms with van der Waals surface area (Å²) >= 11 is 1.37. The maximum atomic E-state index is 14.2. The second-order valence-corrected chi connectivity index (χ2v) is 7.20. The lowest BCUT2D eigenvalue weighted by atomic mass is 10.2. The number of halogens is 2. The van der Waals surface area contributed by atoms with Crippen molar-refractivity contribution in [2.24, 2.45) is 5.73 Å². The Balaban J connectivity index is 1.80. The highest BCUT2D eigenvalue weighted by Crippen LogP contribution is 2.31. The van der Waals surface area contributed by atoms with Gasteiger partial charge in [-0.05, 0) is 19.1 Å². The molecule has 1 aromatic carbocycles. The van der Waals surface area contributed by atoms with Crippen molar-refractivity contribution in [2.45, 2.75) is 13.5 Å². The van der Waals surface area contributed by atoms with Crippen molar-refractivity contribution in [1.82, 2.24) is 19.5 Å². The first-order chi connectivity index (χ1) is 13.9. The Morgan fingerprint density at radius 3 is 2.72 bits per heavy atom. The van der Waals surface area contributed by atoms with Gasteiger partial charge in [-0.15, -0.1) is 11.3 Å². The van der Waals surface area contributed by atoms with Gasteiger partial charge in [-0.25, -0.2) is 13.8 Å². The second-order valence-electron chi connectivity index (χ2n) is 6.34. The van der Waals surface area contributed by atoms with E-state index in [9.17, 15) is 13.6 Å². The van der Waals surface area contributed by atoms with Gasteiger partial charge in [0.05, 0.1) is 29.7 Å². The van der Waals surface area contributed by atoms with Crippen LogP contribution in [0.1, 0.15) is 21.6 Å². The van der Waals surface area contributed by atoms with E-state index < -0.39 is 17.5 Å². The van der Waals surface area contributed by atoms with Crippen molar-refractivity contribution >= 4 is 17.2 Å². The largest absolute Gasteiger partial charge is 0.366 e. The van der Waals surface area contributed by atoms with Gasteiger partial charge in [0.2, 0.25) is 0 Å². The quantitative estimate of drug-likeness (QED) is 0.541. The summed E-state index contributed by atoms with van der Waals surface area (Å²) < 4.78 is 29.2. The van der Waals surface area contributed by atoms with E-state index >= 15 is 0 Å². The number of hydrogen-bond donors (Lipinski definition) is 1. The van der Waals surface area contributed by atoms with Crippen LogP contribution in [-0.2, 0) is 6.54 Å². The van der Waals surface area contributed by atoms with E-state index in [2.05, 4.69) is 15.0 Å². The van der Waals surface area contributed by atoms with Gasteiger partial charge in [-0.2, -0.15) is 0 Å². The fourth-order valence-corrected chi connectivity index (χ4v) is 3.82. The topological polar surface area (TPSA) is 86.7 Å². The van der Waals surface area contributed by atoms with Gasteiger partial charge in [0.25, 0.3) is 5.91 Å². The Kier molecular flexibility index (Phi) is 4.89. The van der Waals surface area contributed by atoms with E-state index in [1.165, 1.54) is 23.5 Å². The summed E-state index contributed by atoms with van der Waals surface area (Å²) in [5.41, 5.74) is 8.49. The normalized spacial score (nSPS) is 11.0. The summed E-state index contributed by atoms with van der Waals surface area (Å²) in [5.74, 6) is -1.91. The molecule has 6 nitrogen and oxygen atoms in total. The Morgan fingerprint density at radius 1 is 1.21 bits per heavy atom. The van der Waals surface area contributed by atoms with Crippen LogP contribution < -0.4 is 5.73 Å². The SMILES string of the molecule is Cc1c(C(N)=O)cc(-c2csc(-c3cnccn3)n2)n1Cc1ccc(F)cc1F. The number of carbonyl (C=O) groups excluding carboxylic acids is 1. The minimum absolute atomic E-state index is 0.0958. The minimum atomic E-state index is -0.664. The van der Waals surface area contributed by atoms with Gasteiger partial charge in [-0.1, -0.05) is 6.07 Å². The summed E-state index contributed by atoms with van der Waals surface area (Å²) in [6, 6.07) is 5.04. The number of benzene rings is 1. The van der Waals surface area contributed by atoms with Crippen LogP contribution in [0.15, 0.2) is 48.2 Å². The van der Waals surface area contributed by atoms with Crippen molar-refractivity contribution in [2.75, 3.05) is 0 Å². The molecule has 4 aromatic rings. The smallest absolute Gasteiger partial charge is 0.250 e. The molecule has 0 bridgehead atoms. The molecule has 29 heavy (non-hydrogen) atoms. The number of amides is 1. The van der Waals surface area contributed by atoms with Crippen LogP contribution in [0.25, 0.3) is 22.1 Å². The highest BCUT2D eigenvalue weighted by Gasteiger charge is 2.20. The third kappa shape index (κ3) is 3.64. The van der Waals surface area contributed by atoms with Crippen LogP contribution in [0, 0.1) is 18.6 Å². The highest BCUT2D eigenvalue weighted by molar-refractivity contribution is 7.13. The van der Waals surface area contributed by atoms with Crippen LogP contribution in [-0.4, -0.2) is 25.4 Å². The summed E-state index contributed by atoms with van der Waals surface area (Å²) in [6.07, 6.45) is 4.75. The minimum Gasteiger partial charge on any atom is -0.366 e. The molecule has 0 fully saturated rings. The van der Waals surface area contributed by atoms with Crippen molar-refractivity contribution in [3.63, 3.8) is 0 Å². The number of primary amides is 1. The number of nitrogens with zero attached hydrogens (tertiary/aromatic N) is 4. The van der Waals surface area contributed by atoms with Crippen molar-refractivity contribution in [3.05, 3.63) is 76.7 Å². The molecule has 0 radical (unpaired) electrons. The van der Waals surface area contributed by atoms with Gasteiger partial charge >= 0.3 is 0 Å². The van der Waals surface area contributed by atoms with Crippen molar-refractivity contribution in [3.8, 4) is 22.1 Å². The third-order valence-electron chi connectivity index (χ3n) is 4.52. The van der Waals surface area contributed by atoms with Crippen LogP contribution in [0.3, 0.4) is 0 Å². The van der Waals surface area contributed by atoms with Crippen molar-refractivity contribution in [1.29, 1.82) is 0 Å². The lowest BCUT2D eigenvalue weighted by molar-refractivity contribution is 0.0999. The van der Waals surface area contributed by atoms with Gasteiger partial charge < -0.3 is 10.3 Å². The Bertz CT molecular complexity index is 1200. The molecule has 9 heteroatoms. The molecule has 146 valence electrons. The van der Waals surface area contributed by atoms with Gasteiger partial charge in [-0.3, -0.25) is 14.8 Å². The highest BCUT2D eigenvalue weighted by atomic mass is 32.1. The second kappa shape index (κ2) is 7.51. The molecule has 1 amide bonds. The Labute approximate surface area is 168 Å². The molecule has 0 unspecified atom stereocenters. The number of rotatable bonds is 5. The molecule has 0 atom stereocenters. The standard InChI is InChI=1S/C20H15F2N5OS/c1-11-14(19(23)28)7-18(27(11)9-12-2-3-13(21)6-15(12)22)17-10-29-20(26-17)16-8-24-4-5-25-16/h2-8,10H,9H2,1H3,(H2,23,28). The molecular formula is C20H15F2N5OS. The first kappa shape index (κ1) is 18.9. The van der Waals surface area contributed by atoms with E-state index in [0.717, 1.165) is 6.07 Å². The lowest BCUT2D eigenvalue weighted by Gasteiger charge is -2.12. The molecule has 3 heterocycles. The molecule has 0 aliphatic carbocycles. The van der Waals surface area contributed by atoms with Crippen molar-refractivity contribution < 1.29 is 13.6 Å². The molecule has 0 aliphatic heterocycles. The predicted molar refractivity (Wildman–Crippen MR) is 105 cm³/mol. The third-order valence-corrected chi connectivity index (χ3v) is 5.39. The zero-order valence-corrected chi connectivity index (χ0v) is 16.1. The lowest BCUT2D eigenvalue weighted by Crippen LogP contribution is -2.13. The average Bonchev–Trinajstić information content (AvgIpc) is 3.30. The van der Waals surface area contributed by atoms with Gasteiger partial charge in [0.15, 0.2) is 0 Å². The molecule has 2 N–H and O–H groups in total. The number of carbonyl (C=O) groups is 1. The zero-order valence-electron chi connectivity index (χ0n) is 15.3. The fraction of sp³-hybridized carbons (Fsp3) is 0.100. The maximum absolute atomic E-state index is 14.2. The molecule has 3 aromatic heterocycles. The van der Waals surface area contributed by atoms with E-state index in [1.54, 1.807) is 36.1 Å². The van der Waals surface area contributed by atoms with E-state index in [0.29, 0.717) is 33.3 Å². The molecule has 0 aliphatic rings. The van der Waals surface area contributed by atoms with Crippen LogP contribution >= 0.6 is 11.3 Å². The number of hydrogen-bond acceptors (Lipinski definition) is 5. The van der Waals surface area contributed by atoms with Crippen LogP contribution in [0.2, 0.25) is 0 Å². The Hall–Kier alpha value is -3.46. The zero-order chi connectivity index (χ0) is 20.5. The number of aromatic nitrogens is 4. The molecule has 0 saturated carbocycles. The van der Waals surface area contributed by atoms with Gasteiger partial charge in [0.1, 0.15) is 22.3 Å². The van der Waals surface area contributed by atoms with Crippen LogP contribution in [0.4, 0.5) is 8.78 Å². The van der Waals surface area contributed by atoms with E-state index in [1.807, 2.05) is 5.38 Å². The molecule has 0 spiro atoms.